The van der Waals surface area contributed by atoms with Gasteiger partial charge in [0.25, 0.3) is 5.56 Å². The van der Waals surface area contributed by atoms with Crippen LogP contribution in [0, 0.1) is 0 Å². The van der Waals surface area contributed by atoms with Crippen molar-refractivity contribution in [3.05, 3.63) is 105 Å². The van der Waals surface area contributed by atoms with E-state index in [1.54, 1.807) is 44.3 Å². The molecule has 13 heteroatoms. The average Bonchev–Trinajstić information content (AvgIpc) is 3.53. The number of ether oxygens (including phenoxy) is 1. The molecule has 0 radical (unpaired) electrons. The molecule has 3 N–H and O–H groups in total. The zero-order valence-electron chi connectivity index (χ0n) is 27.7. The molecule has 1 aliphatic rings. The molecule has 1 aliphatic heterocycles. The fourth-order valence-corrected chi connectivity index (χ4v) is 6.69. The van der Waals surface area contributed by atoms with Gasteiger partial charge in [-0.05, 0) is 44.2 Å². The molecular formula is C37H36Cl2N6O5. The number of aromatic nitrogens is 3. The lowest BCUT2D eigenvalue weighted by molar-refractivity contribution is -0.142. The lowest BCUT2D eigenvalue weighted by Gasteiger charge is -2.20. The van der Waals surface area contributed by atoms with E-state index in [-0.39, 0.29) is 24.1 Å². The van der Waals surface area contributed by atoms with Crippen LogP contribution in [-0.2, 0) is 22.7 Å². The summed E-state index contributed by atoms with van der Waals surface area (Å²) in [5.74, 6) is -0.409. The van der Waals surface area contributed by atoms with Gasteiger partial charge in [0, 0.05) is 72.3 Å². The summed E-state index contributed by atoms with van der Waals surface area (Å²) in [6.45, 7) is 2.90. The first-order chi connectivity index (χ1) is 24.0. The van der Waals surface area contributed by atoms with Gasteiger partial charge in [0.2, 0.25) is 11.8 Å². The Morgan fingerprint density at radius 3 is 2.44 bits per heavy atom. The van der Waals surface area contributed by atoms with Crippen LogP contribution in [0.2, 0.25) is 10.0 Å². The largest absolute Gasteiger partial charge is 0.481 e. The molecule has 11 nitrogen and oxygen atoms in total. The Labute approximate surface area is 298 Å². The number of pyridine rings is 2. The normalized spacial score (nSPS) is 15.0. The van der Waals surface area contributed by atoms with Crippen molar-refractivity contribution in [2.75, 3.05) is 20.7 Å². The molecule has 2 aromatic carbocycles. The van der Waals surface area contributed by atoms with Crippen molar-refractivity contribution in [2.24, 2.45) is 0 Å². The zero-order chi connectivity index (χ0) is 35.5. The zero-order valence-corrected chi connectivity index (χ0v) is 29.3. The van der Waals surface area contributed by atoms with Gasteiger partial charge >= 0.3 is 5.97 Å². The van der Waals surface area contributed by atoms with E-state index in [0.717, 1.165) is 34.2 Å². The number of carboxylic acid groups (broad SMARTS) is 1. The Bertz CT molecular complexity index is 2160. The van der Waals surface area contributed by atoms with Crippen molar-refractivity contribution in [3.8, 4) is 39.4 Å². The number of hydrogen-bond acceptors (Lipinski definition) is 8. The topological polar surface area (TPSA) is 138 Å². The van der Waals surface area contributed by atoms with E-state index in [2.05, 4.69) is 15.6 Å². The van der Waals surface area contributed by atoms with E-state index in [9.17, 15) is 19.5 Å². The third-order valence-corrected chi connectivity index (χ3v) is 9.83. The highest BCUT2D eigenvalue weighted by molar-refractivity contribution is 6.39. The van der Waals surface area contributed by atoms with E-state index < -0.39 is 12.0 Å². The number of benzene rings is 2. The number of fused-ring (bicyclic) bond motifs is 1. The summed E-state index contributed by atoms with van der Waals surface area (Å²) >= 11 is 14.1. The van der Waals surface area contributed by atoms with Crippen molar-refractivity contribution in [1.29, 1.82) is 0 Å². The third kappa shape index (κ3) is 7.22. The Hall–Kier alpha value is -4.81. The highest BCUT2D eigenvalue weighted by Gasteiger charge is 2.22. The van der Waals surface area contributed by atoms with Crippen molar-refractivity contribution < 1.29 is 19.4 Å². The number of nitrogens with one attached hydrogen (secondary N) is 2. The van der Waals surface area contributed by atoms with Crippen molar-refractivity contribution in [2.45, 2.75) is 44.9 Å². The molecule has 0 aliphatic carbocycles. The summed E-state index contributed by atoms with van der Waals surface area (Å²) in [4.78, 5) is 47.0. The van der Waals surface area contributed by atoms with Gasteiger partial charge in [0.1, 0.15) is 11.7 Å². The van der Waals surface area contributed by atoms with Crippen LogP contribution in [0.15, 0.2) is 77.9 Å². The molecule has 4 heterocycles. The maximum atomic E-state index is 13.2. The minimum absolute atomic E-state index is 0.0853. The highest BCUT2D eigenvalue weighted by Crippen LogP contribution is 2.42. The Kier molecular flexibility index (Phi) is 10.5. The van der Waals surface area contributed by atoms with Crippen LogP contribution in [0.5, 0.6) is 5.88 Å². The number of methoxy groups -OCH3 is 1. The number of likely N-dealkylation sites (N-methyl/N-ethyl adjacent to an activating group) is 1. The number of carboxylic acids is 1. The molecular weight excluding hydrogens is 679 g/mol. The highest BCUT2D eigenvalue weighted by atomic mass is 35.5. The lowest BCUT2D eigenvalue weighted by atomic mass is 9.97. The van der Waals surface area contributed by atoms with E-state index in [1.807, 2.05) is 48.5 Å². The van der Waals surface area contributed by atoms with Crippen LogP contribution >= 0.6 is 23.2 Å². The first kappa shape index (κ1) is 35.0. The van der Waals surface area contributed by atoms with E-state index in [4.69, 9.17) is 32.9 Å². The van der Waals surface area contributed by atoms with Gasteiger partial charge in [-0.15, -0.1) is 0 Å². The molecule has 258 valence electrons. The minimum Gasteiger partial charge on any atom is -0.481 e. The number of carbonyl (C=O) groups excluding carboxylic acids is 1. The molecule has 1 fully saturated rings. The Balaban J connectivity index is 1.26. The van der Waals surface area contributed by atoms with Crippen molar-refractivity contribution >= 4 is 40.7 Å². The summed E-state index contributed by atoms with van der Waals surface area (Å²) in [5.41, 5.74) is 5.70. The van der Waals surface area contributed by atoms with E-state index >= 15 is 0 Å². The first-order valence-electron chi connectivity index (χ1n) is 16.1. The van der Waals surface area contributed by atoms with Gasteiger partial charge in [-0.1, -0.05) is 65.7 Å². The Morgan fingerprint density at radius 2 is 1.76 bits per heavy atom. The molecule has 5 aromatic rings. The number of hydrogen-bond donors (Lipinski definition) is 3. The SMILES string of the molecule is COc1nc(-c2cccc(-c3cccc(-c4ccn5c(=O)c(CN(C)C(C)C(=O)O)cnc5c4)c3Cl)c2Cl)ccc1CNC[C@H]1CCC(=O)N1. The summed E-state index contributed by atoms with van der Waals surface area (Å²) in [6, 6.07) is 18.2. The summed E-state index contributed by atoms with van der Waals surface area (Å²) in [6.07, 6.45) is 4.51. The molecule has 2 atom stereocenters. The molecule has 1 saturated heterocycles. The minimum atomic E-state index is -0.971. The quantitative estimate of drug-likeness (QED) is 0.149. The van der Waals surface area contributed by atoms with Crippen LogP contribution in [-0.4, -0.2) is 69.0 Å². The number of rotatable bonds is 12. The van der Waals surface area contributed by atoms with Crippen LogP contribution in [0.25, 0.3) is 39.2 Å². The number of amides is 1. The molecule has 3 aromatic heterocycles. The van der Waals surface area contributed by atoms with Crippen molar-refractivity contribution in [1.82, 2.24) is 29.9 Å². The van der Waals surface area contributed by atoms with Gasteiger partial charge in [-0.2, -0.15) is 0 Å². The van der Waals surface area contributed by atoms with Crippen LogP contribution in [0.4, 0.5) is 0 Å². The average molecular weight is 716 g/mol. The van der Waals surface area contributed by atoms with E-state index in [1.165, 1.54) is 10.6 Å². The maximum absolute atomic E-state index is 13.2. The number of carbonyl (C=O) groups is 2. The molecule has 50 heavy (non-hydrogen) atoms. The van der Waals surface area contributed by atoms with Crippen LogP contribution in [0.3, 0.4) is 0 Å². The molecule has 6 rings (SSSR count). The van der Waals surface area contributed by atoms with Crippen LogP contribution < -0.4 is 20.9 Å². The van der Waals surface area contributed by atoms with Gasteiger partial charge in [0.15, 0.2) is 0 Å². The fourth-order valence-electron chi connectivity index (χ4n) is 6.03. The number of halogens is 2. The second-order valence-electron chi connectivity index (χ2n) is 12.3. The monoisotopic (exact) mass is 714 g/mol. The number of nitrogens with zero attached hydrogens (tertiary/aromatic N) is 4. The predicted octanol–water partition coefficient (Wildman–Crippen LogP) is 5.68. The predicted molar refractivity (Wildman–Crippen MR) is 194 cm³/mol. The molecule has 1 unspecified atom stereocenters. The van der Waals surface area contributed by atoms with Gasteiger partial charge in [-0.25, -0.2) is 9.97 Å². The first-order valence-corrected chi connectivity index (χ1v) is 16.9. The summed E-state index contributed by atoms with van der Waals surface area (Å²) in [7, 11) is 3.23. The maximum Gasteiger partial charge on any atom is 0.320 e. The summed E-state index contributed by atoms with van der Waals surface area (Å²) < 4.78 is 7.07. The smallest absolute Gasteiger partial charge is 0.320 e. The lowest BCUT2D eigenvalue weighted by Crippen LogP contribution is -2.37. The number of aliphatic carboxylic acids is 1. The standard InChI is InChI=1S/C37H36Cl2N6O5/c1-21(37(48)49)44(2)20-24-18-41-31-16-22(14-15-45(31)36(24)47)26-6-4-7-27(33(26)38)28-8-5-9-29(34(28)39)30-12-10-23(35(43-30)50-3)17-40-19-25-11-13-32(46)42-25/h4-10,12,14-16,18,21,25,40H,11,13,17,19-20H2,1-3H3,(H,42,46)(H,48,49)/t21?,25-/m1/s1. The summed E-state index contributed by atoms with van der Waals surface area (Å²) in [5, 5.41) is 16.6. The van der Waals surface area contributed by atoms with Gasteiger partial charge < -0.3 is 20.5 Å². The third-order valence-electron chi connectivity index (χ3n) is 9.02. The molecule has 0 spiro atoms. The molecule has 1 amide bonds. The molecule has 0 bridgehead atoms. The second-order valence-corrected chi connectivity index (χ2v) is 13.1. The van der Waals surface area contributed by atoms with Crippen LogP contribution in [0.1, 0.15) is 30.9 Å². The molecule has 0 saturated carbocycles. The van der Waals surface area contributed by atoms with Gasteiger partial charge in [-0.3, -0.25) is 23.7 Å². The Morgan fingerprint density at radius 1 is 1.06 bits per heavy atom. The fraction of sp³-hybridized carbons (Fsp3) is 0.270. The van der Waals surface area contributed by atoms with Gasteiger partial charge in [0.05, 0.1) is 28.4 Å². The van der Waals surface area contributed by atoms with Crippen molar-refractivity contribution in [3.63, 3.8) is 0 Å². The second kappa shape index (κ2) is 15.0. The van der Waals surface area contributed by atoms with E-state index in [0.29, 0.717) is 57.9 Å².